The minimum absolute atomic E-state index is 1.14. The Hall–Kier alpha value is -2.62. The minimum Gasteiger partial charge on any atom is -0.316 e. The van der Waals surface area contributed by atoms with Gasteiger partial charge in [0.15, 0.2) is 0 Å². The molecule has 3 heteroatoms. The van der Waals surface area contributed by atoms with Crippen molar-refractivity contribution in [2.75, 3.05) is 26.2 Å². The highest BCUT2D eigenvalue weighted by Gasteiger charge is 2.06. The SMILES string of the molecule is C1CNCCN1.c1ccc(-n2ccc3ccc4ccccc4c32)cc1. The van der Waals surface area contributed by atoms with E-state index in [1.54, 1.807) is 0 Å². The van der Waals surface area contributed by atoms with E-state index in [1.807, 2.05) is 6.07 Å². The number of hydrogen-bond donors (Lipinski definition) is 2. The zero-order valence-corrected chi connectivity index (χ0v) is 14.3. The predicted molar refractivity (Wildman–Crippen MR) is 107 cm³/mol. The van der Waals surface area contributed by atoms with Gasteiger partial charge in [-0.1, -0.05) is 54.6 Å². The molecule has 4 aromatic rings. The summed E-state index contributed by atoms with van der Waals surface area (Å²) in [5, 5.41) is 10.3. The molecule has 0 radical (unpaired) electrons. The fraction of sp³-hybridized carbons (Fsp3) is 0.182. The van der Waals surface area contributed by atoms with E-state index in [0.29, 0.717) is 0 Å². The Morgan fingerprint density at radius 1 is 0.600 bits per heavy atom. The lowest BCUT2D eigenvalue weighted by molar-refractivity contribution is 0.534. The Labute approximate surface area is 148 Å². The van der Waals surface area contributed by atoms with Gasteiger partial charge in [-0.2, -0.15) is 0 Å². The maximum atomic E-state index is 3.22. The van der Waals surface area contributed by atoms with Gasteiger partial charge in [-0.15, -0.1) is 0 Å². The van der Waals surface area contributed by atoms with Crippen molar-refractivity contribution >= 4 is 21.7 Å². The molecule has 1 aliphatic rings. The summed E-state index contributed by atoms with van der Waals surface area (Å²) in [5.41, 5.74) is 2.48. The topological polar surface area (TPSA) is 29.0 Å². The van der Waals surface area contributed by atoms with Gasteiger partial charge in [0.25, 0.3) is 0 Å². The third-order valence-electron chi connectivity index (χ3n) is 4.57. The molecule has 3 nitrogen and oxygen atoms in total. The van der Waals surface area contributed by atoms with E-state index in [2.05, 4.69) is 88.1 Å². The summed E-state index contributed by atoms with van der Waals surface area (Å²) >= 11 is 0. The monoisotopic (exact) mass is 329 g/mol. The highest BCUT2D eigenvalue weighted by atomic mass is 15.0. The molecule has 3 aromatic carbocycles. The van der Waals surface area contributed by atoms with Crippen molar-refractivity contribution in [2.24, 2.45) is 0 Å². The second-order valence-electron chi connectivity index (χ2n) is 6.25. The number of benzene rings is 3. The van der Waals surface area contributed by atoms with E-state index in [4.69, 9.17) is 0 Å². The molecule has 1 aromatic heterocycles. The van der Waals surface area contributed by atoms with Gasteiger partial charge in [0.05, 0.1) is 5.52 Å². The Bertz CT molecular complexity index is 941. The van der Waals surface area contributed by atoms with Crippen LogP contribution in [-0.2, 0) is 0 Å². The second kappa shape index (κ2) is 7.51. The Balaban J connectivity index is 0.000000223. The molecule has 2 heterocycles. The van der Waals surface area contributed by atoms with Crippen LogP contribution in [-0.4, -0.2) is 30.7 Å². The van der Waals surface area contributed by atoms with Crippen molar-refractivity contribution in [3.8, 4) is 5.69 Å². The first-order valence-corrected chi connectivity index (χ1v) is 8.89. The lowest BCUT2D eigenvalue weighted by atomic mass is 10.1. The molecule has 0 bridgehead atoms. The lowest BCUT2D eigenvalue weighted by Gasteiger charge is -2.11. The van der Waals surface area contributed by atoms with Crippen LogP contribution in [0.25, 0.3) is 27.4 Å². The van der Waals surface area contributed by atoms with Crippen LogP contribution in [0, 0.1) is 0 Å². The largest absolute Gasteiger partial charge is 0.316 e. The molecule has 1 fully saturated rings. The summed E-state index contributed by atoms with van der Waals surface area (Å²) in [5.74, 6) is 0. The second-order valence-corrected chi connectivity index (χ2v) is 6.25. The number of nitrogens with zero attached hydrogens (tertiary/aromatic N) is 1. The summed E-state index contributed by atoms with van der Waals surface area (Å²) in [6, 6.07) is 25.6. The smallest absolute Gasteiger partial charge is 0.0606 e. The van der Waals surface area contributed by atoms with Crippen molar-refractivity contribution in [1.82, 2.24) is 15.2 Å². The number of rotatable bonds is 1. The zero-order chi connectivity index (χ0) is 16.9. The van der Waals surface area contributed by atoms with Gasteiger partial charge >= 0.3 is 0 Å². The molecule has 0 aliphatic carbocycles. The Morgan fingerprint density at radius 2 is 1.24 bits per heavy atom. The minimum atomic E-state index is 1.14. The van der Waals surface area contributed by atoms with E-state index in [-0.39, 0.29) is 0 Å². The predicted octanol–water partition coefficient (Wildman–Crippen LogP) is 3.96. The van der Waals surface area contributed by atoms with E-state index in [1.165, 1.54) is 27.4 Å². The third-order valence-corrected chi connectivity index (χ3v) is 4.57. The van der Waals surface area contributed by atoms with E-state index in [9.17, 15) is 0 Å². The fourth-order valence-corrected chi connectivity index (χ4v) is 3.31. The summed E-state index contributed by atoms with van der Waals surface area (Å²) in [6.07, 6.45) is 2.15. The Kier molecular flexibility index (Phi) is 4.77. The molecule has 0 unspecified atom stereocenters. The van der Waals surface area contributed by atoms with Crippen molar-refractivity contribution in [1.29, 1.82) is 0 Å². The standard InChI is InChI=1S/C18H13N.C4H10N2/c1-2-7-16(8-3-1)19-13-12-15-11-10-14-6-4-5-9-17(14)18(15)19;1-2-6-4-3-5-1/h1-13H;5-6H,1-4H2. The number of para-hydroxylation sites is 1. The van der Waals surface area contributed by atoms with Crippen LogP contribution in [0.2, 0.25) is 0 Å². The molecule has 0 atom stereocenters. The molecule has 0 spiro atoms. The number of hydrogen-bond acceptors (Lipinski definition) is 2. The first-order valence-electron chi connectivity index (χ1n) is 8.89. The average molecular weight is 329 g/mol. The van der Waals surface area contributed by atoms with Crippen molar-refractivity contribution in [3.63, 3.8) is 0 Å². The van der Waals surface area contributed by atoms with Crippen LogP contribution < -0.4 is 10.6 Å². The lowest BCUT2D eigenvalue weighted by Crippen LogP contribution is -2.39. The van der Waals surface area contributed by atoms with Crippen LogP contribution in [0.1, 0.15) is 0 Å². The van der Waals surface area contributed by atoms with E-state index >= 15 is 0 Å². The third kappa shape index (κ3) is 3.43. The molecular formula is C22H23N3. The van der Waals surface area contributed by atoms with Crippen LogP contribution >= 0.6 is 0 Å². The molecule has 25 heavy (non-hydrogen) atoms. The normalized spacial score (nSPS) is 14.2. The molecule has 2 N–H and O–H groups in total. The summed E-state index contributed by atoms with van der Waals surface area (Å²) < 4.78 is 2.26. The van der Waals surface area contributed by atoms with Gasteiger partial charge in [0, 0.05) is 48.8 Å². The summed E-state index contributed by atoms with van der Waals surface area (Å²) in [4.78, 5) is 0. The highest BCUT2D eigenvalue weighted by molar-refractivity contribution is 6.06. The molecular weight excluding hydrogens is 306 g/mol. The maximum absolute atomic E-state index is 3.22. The summed E-state index contributed by atoms with van der Waals surface area (Å²) in [6.45, 7) is 4.56. The van der Waals surface area contributed by atoms with Gasteiger partial charge in [-0.05, 0) is 23.6 Å². The van der Waals surface area contributed by atoms with E-state index < -0.39 is 0 Å². The van der Waals surface area contributed by atoms with Gasteiger partial charge < -0.3 is 15.2 Å². The van der Waals surface area contributed by atoms with Crippen LogP contribution in [0.3, 0.4) is 0 Å². The van der Waals surface area contributed by atoms with E-state index in [0.717, 1.165) is 26.2 Å². The van der Waals surface area contributed by atoms with Crippen molar-refractivity contribution < 1.29 is 0 Å². The number of fused-ring (bicyclic) bond motifs is 3. The first-order chi connectivity index (χ1) is 12.4. The van der Waals surface area contributed by atoms with Crippen LogP contribution in [0.4, 0.5) is 0 Å². The molecule has 0 amide bonds. The highest BCUT2D eigenvalue weighted by Crippen LogP contribution is 2.28. The number of nitrogens with one attached hydrogen (secondary N) is 2. The van der Waals surface area contributed by atoms with Gasteiger partial charge in [-0.25, -0.2) is 0 Å². The van der Waals surface area contributed by atoms with Crippen LogP contribution in [0.5, 0.6) is 0 Å². The van der Waals surface area contributed by atoms with Gasteiger partial charge in [0.1, 0.15) is 0 Å². The van der Waals surface area contributed by atoms with Crippen molar-refractivity contribution in [3.05, 3.63) is 79.0 Å². The van der Waals surface area contributed by atoms with Crippen LogP contribution in [0.15, 0.2) is 79.0 Å². The first kappa shape index (κ1) is 15.9. The fourth-order valence-electron chi connectivity index (χ4n) is 3.31. The van der Waals surface area contributed by atoms with Crippen molar-refractivity contribution in [2.45, 2.75) is 0 Å². The van der Waals surface area contributed by atoms with Gasteiger partial charge in [0.2, 0.25) is 0 Å². The molecule has 1 saturated heterocycles. The maximum Gasteiger partial charge on any atom is 0.0606 e. The number of aromatic nitrogens is 1. The Morgan fingerprint density at radius 3 is 1.96 bits per heavy atom. The molecule has 0 saturated carbocycles. The average Bonchev–Trinajstić information content (AvgIpc) is 3.15. The quantitative estimate of drug-likeness (QED) is 0.553. The molecule has 126 valence electrons. The molecule has 5 rings (SSSR count). The van der Waals surface area contributed by atoms with Gasteiger partial charge in [-0.3, -0.25) is 0 Å². The molecule has 1 aliphatic heterocycles. The zero-order valence-electron chi connectivity index (χ0n) is 14.3. The summed E-state index contributed by atoms with van der Waals surface area (Å²) in [7, 11) is 0. The number of piperazine rings is 1.